The maximum Gasteiger partial charge on any atom is 0.141 e. The summed E-state index contributed by atoms with van der Waals surface area (Å²) in [4.78, 5) is 11.9. The van der Waals surface area contributed by atoms with Crippen molar-refractivity contribution in [3.8, 4) is 11.4 Å². The second-order valence-electron chi connectivity index (χ2n) is 5.32. The lowest BCUT2D eigenvalue weighted by molar-refractivity contribution is 1.25. The molecule has 24 heavy (non-hydrogen) atoms. The Hall–Kier alpha value is -2.60. The molecular formula is C18H18BrN5. The van der Waals surface area contributed by atoms with Gasteiger partial charge in [0.05, 0.1) is 18.1 Å². The minimum atomic E-state index is 0.682. The Balaban J connectivity index is 1.90. The summed E-state index contributed by atoms with van der Waals surface area (Å²) >= 11 is 3.49. The summed E-state index contributed by atoms with van der Waals surface area (Å²) < 4.78 is 1.06. The summed E-state index contributed by atoms with van der Waals surface area (Å²) in [6.45, 7) is 6.44. The van der Waals surface area contributed by atoms with E-state index in [1.807, 2.05) is 18.2 Å². The number of pyridine rings is 1. The molecule has 0 radical (unpaired) electrons. The SMILES string of the molecule is C=CCNc1cnc(-c2ccncc2Nc2ccc(Br)cc2C)[nH]1. The number of aromatic nitrogens is 3. The highest BCUT2D eigenvalue weighted by molar-refractivity contribution is 9.10. The van der Waals surface area contributed by atoms with Crippen molar-refractivity contribution in [1.82, 2.24) is 15.0 Å². The Kier molecular flexibility index (Phi) is 4.96. The van der Waals surface area contributed by atoms with Crippen LogP contribution >= 0.6 is 15.9 Å². The third-order valence-electron chi connectivity index (χ3n) is 3.55. The molecule has 0 bridgehead atoms. The molecule has 0 saturated carbocycles. The van der Waals surface area contributed by atoms with Crippen LogP contribution in [0.2, 0.25) is 0 Å². The lowest BCUT2D eigenvalue weighted by atomic mass is 10.1. The molecule has 3 aromatic rings. The third kappa shape index (κ3) is 3.65. The number of benzene rings is 1. The second kappa shape index (κ2) is 7.31. The van der Waals surface area contributed by atoms with E-state index < -0.39 is 0 Å². The Morgan fingerprint density at radius 3 is 2.92 bits per heavy atom. The molecule has 0 amide bonds. The van der Waals surface area contributed by atoms with Crippen molar-refractivity contribution in [2.24, 2.45) is 0 Å². The lowest BCUT2D eigenvalue weighted by Crippen LogP contribution is -1.98. The highest BCUT2D eigenvalue weighted by Gasteiger charge is 2.10. The number of H-pyrrole nitrogens is 1. The summed E-state index contributed by atoms with van der Waals surface area (Å²) in [6, 6.07) is 8.06. The number of halogens is 1. The van der Waals surface area contributed by atoms with Crippen LogP contribution in [0, 0.1) is 6.92 Å². The Bertz CT molecular complexity index is 856. The third-order valence-corrected chi connectivity index (χ3v) is 4.04. The molecule has 2 heterocycles. The van der Waals surface area contributed by atoms with Gasteiger partial charge in [-0.1, -0.05) is 22.0 Å². The van der Waals surface area contributed by atoms with E-state index >= 15 is 0 Å². The fraction of sp³-hybridized carbons (Fsp3) is 0.111. The minimum absolute atomic E-state index is 0.682. The number of rotatable bonds is 6. The number of hydrogen-bond acceptors (Lipinski definition) is 4. The topological polar surface area (TPSA) is 65.6 Å². The van der Waals surface area contributed by atoms with Gasteiger partial charge in [-0.15, -0.1) is 6.58 Å². The van der Waals surface area contributed by atoms with Gasteiger partial charge in [0.1, 0.15) is 11.6 Å². The maximum atomic E-state index is 4.45. The van der Waals surface area contributed by atoms with Crippen LogP contribution in [0.15, 0.2) is 60.0 Å². The van der Waals surface area contributed by atoms with Crippen LogP contribution < -0.4 is 10.6 Å². The van der Waals surface area contributed by atoms with E-state index in [-0.39, 0.29) is 0 Å². The van der Waals surface area contributed by atoms with Gasteiger partial charge < -0.3 is 15.6 Å². The number of imidazole rings is 1. The standard InChI is InChI=1S/C18H18BrN5/c1-3-7-21-17-11-22-18(24-17)14-6-8-20-10-16(14)23-15-5-4-13(19)9-12(15)2/h3-6,8-11,21,23H,1,7H2,2H3,(H,22,24). The van der Waals surface area contributed by atoms with Gasteiger partial charge in [-0.05, 0) is 36.8 Å². The Labute approximate surface area is 149 Å². The minimum Gasteiger partial charge on any atom is -0.367 e. The molecule has 0 aliphatic rings. The highest BCUT2D eigenvalue weighted by atomic mass is 79.9. The summed E-state index contributed by atoms with van der Waals surface area (Å²) in [5.74, 6) is 1.63. The van der Waals surface area contributed by atoms with Gasteiger partial charge in [0.25, 0.3) is 0 Å². The molecule has 0 saturated heterocycles. The quantitative estimate of drug-likeness (QED) is 0.530. The number of nitrogens with zero attached hydrogens (tertiary/aromatic N) is 2. The number of hydrogen-bond donors (Lipinski definition) is 3. The molecule has 0 unspecified atom stereocenters. The molecule has 122 valence electrons. The first-order valence-corrected chi connectivity index (χ1v) is 8.34. The molecule has 3 rings (SSSR count). The molecule has 0 atom stereocenters. The van der Waals surface area contributed by atoms with Crippen LogP contribution in [-0.4, -0.2) is 21.5 Å². The van der Waals surface area contributed by atoms with E-state index in [0.29, 0.717) is 6.54 Å². The molecule has 2 aromatic heterocycles. The van der Waals surface area contributed by atoms with Crippen LogP contribution in [0.3, 0.4) is 0 Å². The van der Waals surface area contributed by atoms with Crippen LogP contribution in [0.5, 0.6) is 0 Å². The molecule has 6 heteroatoms. The van der Waals surface area contributed by atoms with Gasteiger partial charge in [0, 0.05) is 28.5 Å². The monoisotopic (exact) mass is 383 g/mol. The van der Waals surface area contributed by atoms with E-state index in [0.717, 1.165) is 38.6 Å². The molecule has 1 aromatic carbocycles. The van der Waals surface area contributed by atoms with E-state index in [1.165, 1.54) is 0 Å². The van der Waals surface area contributed by atoms with Crippen molar-refractivity contribution >= 4 is 33.1 Å². The number of aryl methyl sites for hydroxylation is 1. The molecule has 0 aliphatic heterocycles. The summed E-state index contributed by atoms with van der Waals surface area (Å²) in [5.41, 5.74) is 4.03. The van der Waals surface area contributed by atoms with Gasteiger partial charge in [-0.2, -0.15) is 0 Å². The van der Waals surface area contributed by atoms with Crippen LogP contribution in [0.1, 0.15) is 5.56 Å². The predicted molar refractivity (Wildman–Crippen MR) is 103 cm³/mol. The molecule has 3 N–H and O–H groups in total. The number of nitrogens with one attached hydrogen (secondary N) is 3. The fourth-order valence-electron chi connectivity index (χ4n) is 2.34. The average molecular weight is 384 g/mol. The zero-order valence-corrected chi connectivity index (χ0v) is 14.9. The second-order valence-corrected chi connectivity index (χ2v) is 6.24. The molecule has 0 fully saturated rings. The smallest absolute Gasteiger partial charge is 0.141 e. The van der Waals surface area contributed by atoms with E-state index in [1.54, 1.807) is 24.7 Å². The summed E-state index contributed by atoms with van der Waals surface area (Å²) in [6.07, 6.45) is 7.13. The molecule has 5 nitrogen and oxygen atoms in total. The van der Waals surface area contributed by atoms with E-state index in [2.05, 4.69) is 61.1 Å². The number of aromatic amines is 1. The summed E-state index contributed by atoms with van der Waals surface area (Å²) in [5, 5.41) is 6.63. The largest absolute Gasteiger partial charge is 0.367 e. The van der Waals surface area contributed by atoms with Gasteiger partial charge in [0.2, 0.25) is 0 Å². The van der Waals surface area contributed by atoms with Crippen LogP contribution in [-0.2, 0) is 0 Å². The predicted octanol–water partition coefficient (Wildman–Crippen LogP) is 4.88. The average Bonchev–Trinajstić information content (AvgIpc) is 3.05. The van der Waals surface area contributed by atoms with Crippen molar-refractivity contribution in [3.05, 3.63) is 65.5 Å². The van der Waals surface area contributed by atoms with Crippen LogP contribution in [0.25, 0.3) is 11.4 Å². The number of anilines is 3. The van der Waals surface area contributed by atoms with Gasteiger partial charge in [0.15, 0.2) is 0 Å². The van der Waals surface area contributed by atoms with Gasteiger partial charge in [-0.25, -0.2) is 4.98 Å². The van der Waals surface area contributed by atoms with Crippen molar-refractivity contribution in [1.29, 1.82) is 0 Å². The first-order chi connectivity index (χ1) is 11.7. The van der Waals surface area contributed by atoms with Crippen LogP contribution in [0.4, 0.5) is 17.2 Å². The van der Waals surface area contributed by atoms with Gasteiger partial charge in [-0.3, -0.25) is 4.98 Å². The molecular weight excluding hydrogens is 366 g/mol. The first-order valence-electron chi connectivity index (χ1n) is 7.54. The normalized spacial score (nSPS) is 10.4. The Morgan fingerprint density at radius 2 is 2.12 bits per heavy atom. The van der Waals surface area contributed by atoms with Crippen molar-refractivity contribution in [2.45, 2.75) is 6.92 Å². The van der Waals surface area contributed by atoms with Crippen molar-refractivity contribution < 1.29 is 0 Å². The van der Waals surface area contributed by atoms with Crippen molar-refractivity contribution in [3.63, 3.8) is 0 Å². The fourth-order valence-corrected chi connectivity index (χ4v) is 2.82. The molecule has 0 spiro atoms. The first kappa shape index (κ1) is 16.3. The maximum absolute atomic E-state index is 4.45. The van der Waals surface area contributed by atoms with Crippen molar-refractivity contribution in [2.75, 3.05) is 17.2 Å². The summed E-state index contributed by atoms with van der Waals surface area (Å²) in [7, 11) is 0. The zero-order valence-electron chi connectivity index (χ0n) is 13.3. The lowest BCUT2D eigenvalue weighted by Gasteiger charge is -2.12. The zero-order chi connectivity index (χ0) is 16.9. The molecule has 0 aliphatic carbocycles. The Morgan fingerprint density at radius 1 is 1.25 bits per heavy atom. The van der Waals surface area contributed by atoms with Gasteiger partial charge >= 0.3 is 0 Å². The van der Waals surface area contributed by atoms with E-state index in [4.69, 9.17) is 0 Å². The van der Waals surface area contributed by atoms with E-state index in [9.17, 15) is 0 Å². The highest BCUT2D eigenvalue weighted by Crippen LogP contribution is 2.30.